The smallest absolute Gasteiger partial charge is 0.410 e. The highest BCUT2D eigenvalue weighted by atomic mass is 19.3. The Labute approximate surface area is 177 Å². The van der Waals surface area contributed by atoms with Gasteiger partial charge in [-0.15, -0.1) is 0 Å². The second-order valence-electron chi connectivity index (χ2n) is 7.18. The Kier molecular flexibility index (Phi) is 5.45. The first kappa shape index (κ1) is 20.6. The van der Waals surface area contributed by atoms with Crippen LogP contribution in [0.25, 0.3) is 11.1 Å². The number of hydrogen-bond acceptors (Lipinski definition) is 5. The highest BCUT2D eigenvalue weighted by Crippen LogP contribution is 2.41. The molecule has 162 valence electrons. The van der Waals surface area contributed by atoms with E-state index in [1.807, 2.05) is 4.90 Å². The van der Waals surface area contributed by atoms with Gasteiger partial charge in [0.1, 0.15) is 5.82 Å². The van der Waals surface area contributed by atoms with E-state index in [4.69, 9.17) is 9.84 Å². The molecule has 0 unspecified atom stereocenters. The van der Waals surface area contributed by atoms with Gasteiger partial charge in [-0.05, 0) is 48.2 Å². The van der Waals surface area contributed by atoms with Crippen LogP contribution in [-0.4, -0.2) is 39.6 Å². The molecule has 0 aliphatic carbocycles. The Balaban J connectivity index is 1.81. The zero-order valence-electron chi connectivity index (χ0n) is 17.0. The Hall–Kier alpha value is -3.69. The molecule has 0 fully saturated rings. The van der Waals surface area contributed by atoms with Crippen LogP contribution in [-0.2, 0) is 13.5 Å². The molecule has 1 aliphatic rings. The zero-order chi connectivity index (χ0) is 22.1. The summed E-state index contributed by atoms with van der Waals surface area (Å²) in [7, 11) is 3.15. The molecule has 1 amide bonds. The maximum Gasteiger partial charge on any atom is 0.410 e. The van der Waals surface area contributed by atoms with E-state index in [2.05, 4.69) is 15.4 Å². The molecular formula is C21H21F2N5O3. The Morgan fingerprint density at radius 3 is 2.77 bits per heavy atom. The number of benzene rings is 1. The molecule has 0 radical (unpaired) electrons. The molecule has 0 spiro atoms. The van der Waals surface area contributed by atoms with Crippen molar-refractivity contribution in [2.45, 2.75) is 19.3 Å². The number of halogens is 2. The number of alkyl halides is 2. The van der Waals surface area contributed by atoms with Gasteiger partial charge in [0.2, 0.25) is 0 Å². The van der Waals surface area contributed by atoms with Crippen LogP contribution in [0.5, 0.6) is 5.75 Å². The van der Waals surface area contributed by atoms with Crippen LogP contribution in [0, 0.1) is 0 Å². The van der Waals surface area contributed by atoms with Crippen LogP contribution >= 0.6 is 0 Å². The van der Waals surface area contributed by atoms with Gasteiger partial charge in [-0.3, -0.25) is 10.00 Å². The van der Waals surface area contributed by atoms with Crippen LogP contribution in [0.3, 0.4) is 0 Å². The Morgan fingerprint density at radius 1 is 1.32 bits per heavy atom. The van der Waals surface area contributed by atoms with Crippen molar-refractivity contribution in [3.8, 4) is 16.9 Å². The third-order valence-electron chi connectivity index (χ3n) is 5.19. The zero-order valence-corrected chi connectivity index (χ0v) is 17.0. The molecule has 0 saturated heterocycles. The first-order valence-electron chi connectivity index (χ1n) is 9.64. The maximum atomic E-state index is 14.0. The summed E-state index contributed by atoms with van der Waals surface area (Å²) in [6.45, 7) is 0.563. The monoisotopic (exact) mass is 429 g/mol. The van der Waals surface area contributed by atoms with E-state index >= 15 is 0 Å². The molecule has 8 nitrogen and oxygen atoms in total. The number of pyridine rings is 1. The topological polar surface area (TPSA) is 92.5 Å². The molecule has 4 rings (SSSR count). The summed E-state index contributed by atoms with van der Waals surface area (Å²) >= 11 is 0. The van der Waals surface area contributed by atoms with Crippen LogP contribution in [0.15, 0.2) is 36.7 Å². The number of fused-ring (bicyclic) bond motifs is 1. The Morgan fingerprint density at radius 2 is 2.13 bits per heavy atom. The van der Waals surface area contributed by atoms with Gasteiger partial charge in [0.15, 0.2) is 11.6 Å². The number of anilines is 3. The number of hydrogen-bond donors (Lipinski definition) is 2. The van der Waals surface area contributed by atoms with Crippen LogP contribution < -0.4 is 15.0 Å². The van der Waals surface area contributed by atoms with Crippen molar-refractivity contribution in [1.82, 2.24) is 14.8 Å². The van der Waals surface area contributed by atoms with E-state index in [1.165, 1.54) is 13.2 Å². The number of carbonyl (C=O) groups is 1. The predicted molar refractivity (Wildman–Crippen MR) is 111 cm³/mol. The summed E-state index contributed by atoms with van der Waals surface area (Å²) in [6.07, 6.45) is 0.870. The largest absolute Gasteiger partial charge is 0.493 e. The average molecular weight is 429 g/mol. The molecule has 2 N–H and O–H groups in total. The predicted octanol–water partition coefficient (Wildman–Crippen LogP) is 4.60. The third kappa shape index (κ3) is 4.00. The molecule has 10 heteroatoms. The number of nitrogens with zero attached hydrogens (tertiary/aromatic N) is 4. The lowest BCUT2D eigenvalue weighted by molar-refractivity contribution is 0.152. The van der Waals surface area contributed by atoms with E-state index in [9.17, 15) is 13.6 Å². The molecule has 0 bridgehead atoms. The fourth-order valence-electron chi connectivity index (χ4n) is 3.82. The van der Waals surface area contributed by atoms with Gasteiger partial charge < -0.3 is 14.7 Å². The molecule has 0 atom stereocenters. The molecular weight excluding hydrogens is 408 g/mol. The van der Waals surface area contributed by atoms with Crippen molar-refractivity contribution in [2.24, 2.45) is 7.05 Å². The van der Waals surface area contributed by atoms with E-state index in [1.54, 1.807) is 42.3 Å². The number of amides is 1. The number of aromatic nitrogens is 3. The normalized spacial score (nSPS) is 13.3. The van der Waals surface area contributed by atoms with Crippen molar-refractivity contribution in [2.75, 3.05) is 23.9 Å². The van der Waals surface area contributed by atoms with Crippen molar-refractivity contribution in [3.63, 3.8) is 0 Å². The molecule has 1 aliphatic heterocycles. The maximum absolute atomic E-state index is 14.0. The van der Waals surface area contributed by atoms with Gasteiger partial charge in [0.25, 0.3) is 6.43 Å². The first-order valence-corrected chi connectivity index (χ1v) is 9.64. The highest BCUT2D eigenvalue weighted by Gasteiger charge is 2.26. The van der Waals surface area contributed by atoms with Gasteiger partial charge in [-0.1, -0.05) is 0 Å². The fourth-order valence-corrected chi connectivity index (χ4v) is 3.82. The summed E-state index contributed by atoms with van der Waals surface area (Å²) in [6, 6.07) is 6.57. The van der Waals surface area contributed by atoms with Gasteiger partial charge in [-0.25, -0.2) is 18.6 Å². The number of aryl methyl sites for hydroxylation is 2. The van der Waals surface area contributed by atoms with Crippen LogP contribution in [0.2, 0.25) is 0 Å². The lowest BCUT2D eigenvalue weighted by Crippen LogP contribution is -2.26. The lowest BCUT2D eigenvalue weighted by Gasteiger charge is -2.32. The van der Waals surface area contributed by atoms with E-state index < -0.39 is 12.5 Å². The summed E-state index contributed by atoms with van der Waals surface area (Å²) in [5, 5.41) is 15.4. The number of rotatable bonds is 5. The SMILES string of the molecule is COc1ccc(N2CCCc3cc(-c4cnn(C)c4)c(C(F)F)cc32)nc1NC(=O)O. The molecule has 1 aromatic carbocycles. The molecule has 2 aromatic heterocycles. The first-order chi connectivity index (χ1) is 14.9. The average Bonchev–Trinajstić information content (AvgIpc) is 3.18. The lowest BCUT2D eigenvalue weighted by atomic mass is 9.93. The second-order valence-corrected chi connectivity index (χ2v) is 7.18. The summed E-state index contributed by atoms with van der Waals surface area (Å²) in [4.78, 5) is 17.3. The minimum atomic E-state index is -2.67. The fraction of sp³-hybridized carbons (Fsp3) is 0.286. The van der Waals surface area contributed by atoms with Gasteiger partial charge in [-0.2, -0.15) is 5.10 Å². The second kappa shape index (κ2) is 8.21. The van der Waals surface area contributed by atoms with Gasteiger partial charge in [0.05, 0.1) is 13.3 Å². The van der Waals surface area contributed by atoms with Crippen LogP contribution in [0.4, 0.5) is 30.9 Å². The third-order valence-corrected chi connectivity index (χ3v) is 5.19. The number of carboxylic acid groups (broad SMARTS) is 1. The minimum Gasteiger partial charge on any atom is -0.493 e. The summed E-state index contributed by atoms with van der Waals surface area (Å²) in [5.74, 6) is 0.754. The quantitative estimate of drug-likeness (QED) is 0.616. The van der Waals surface area contributed by atoms with E-state index in [0.29, 0.717) is 29.2 Å². The Bertz CT molecular complexity index is 1130. The van der Waals surface area contributed by atoms with E-state index in [-0.39, 0.29) is 17.1 Å². The summed E-state index contributed by atoms with van der Waals surface area (Å²) < 4.78 is 34.7. The molecule has 3 heterocycles. The molecule has 3 aromatic rings. The number of nitrogens with one attached hydrogen (secondary N) is 1. The van der Waals surface area contributed by atoms with Crippen molar-refractivity contribution >= 4 is 23.4 Å². The van der Waals surface area contributed by atoms with E-state index in [0.717, 1.165) is 18.4 Å². The minimum absolute atomic E-state index is 0.0423. The highest BCUT2D eigenvalue weighted by molar-refractivity contribution is 5.84. The standard InChI is InChI=1S/C21H21F2N5O3/c1-27-11-13(10-24-27)14-8-12-4-3-7-28(16(12)9-15(14)19(22)23)18-6-5-17(31-2)20(25-18)26-21(29)30/h5-6,8-11,19H,3-4,7H2,1-2H3,(H,25,26)(H,29,30). The number of methoxy groups -OCH3 is 1. The van der Waals surface area contributed by atoms with Crippen molar-refractivity contribution < 1.29 is 23.4 Å². The number of ether oxygens (including phenoxy) is 1. The van der Waals surface area contributed by atoms with Crippen LogP contribution in [0.1, 0.15) is 24.0 Å². The van der Waals surface area contributed by atoms with Crippen molar-refractivity contribution in [1.29, 1.82) is 0 Å². The van der Waals surface area contributed by atoms with Crippen molar-refractivity contribution in [3.05, 3.63) is 47.8 Å². The molecule has 0 saturated carbocycles. The van der Waals surface area contributed by atoms with Gasteiger partial charge >= 0.3 is 6.09 Å². The summed E-state index contributed by atoms with van der Waals surface area (Å²) in [5.41, 5.74) is 2.55. The molecule has 31 heavy (non-hydrogen) atoms. The van der Waals surface area contributed by atoms with Gasteiger partial charge in [0, 0.05) is 36.6 Å².